The molecule has 1 aromatic heterocycles. The Hall–Kier alpha value is -0.810. The zero-order valence-corrected chi connectivity index (χ0v) is 12.3. The van der Waals surface area contributed by atoms with Crippen LogP contribution in [0.2, 0.25) is 0 Å². The van der Waals surface area contributed by atoms with Gasteiger partial charge >= 0.3 is 0 Å². The van der Waals surface area contributed by atoms with Crippen LogP contribution in [-0.4, -0.2) is 48.9 Å². The molecule has 1 aliphatic rings. The highest BCUT2D eigenvalue weighted by Crippen LogP contribution is 2.15. The van der Waals surface area contributed by atoms with Crippen LogP contribution in [0.4, 0.5) is 0 Å². The number of hydrogen-bond acceptors (Lipinski definition) is 3. The van der Waals surface area contributed by atoms with Gasteiger partial charge in [0.1, 0.15) is 0 Å². The normalized spacial score (nSPS) is 16.8. The van der Waals surface area contributed by atoms with Gasteiger partial charge in [-0.05, 0) is 54.0 Å². The minimum atomic E-state index is -0.0577. The number of nitrogens with zero attached hydrogens (tertiary/aromatic N) is 2. The third kappa shape index (κ3) is 3.59. The van der Waals surface area contributed by atoms with Crippen molar-refractivity contribution in [3.63, 3.8) is 0 Å². The van der Waals surface area contributed by atoms with Crippen LogP contribution >= 0.6 is 15.9 Å². The van der Waals surface area contributed by atoms with Crippen LogP contribution in [-0.2, 0) is 0 Å². The Morgan fingerprint density at radius 2 is 2.11 bits per heavy atom. The molecule has 5 heteroatoms. The van der Waals surface area contributed by atoms with Crippen LogP contribution in [0, 0.1) is 0 Å². The zero-order chi connectivity index (χ0) is 13.0. The van der Waals surface area contributed by atoms with Crippen LogP contribution in [0.15, 0.2) is 21.2 Å². The van der Waals surface area contributed by atoms with Gasteiger partial charge in [0.05, 0.1) is 0 Å². The molecule has 18 heavy (non-hydrogen) atoms. The number of halogens is 1. The van der Waals surface area contributed by atoms with E-state index in [1.54, 1.807) is 17.0 Å². The Balaban J connectivity index is 1.80. The van der Waals surface area contributed by atoms with Crippen molar-refractivity contribution in [1.82, 2.24) is 9.80 Å². The molecular weight excluding hydrogens is 296 g/mol. The van der Waals surface area contributed by atoms with E-state index < -0.39 is 0 Å². The molecule has 0 unspecified atom stereocenters. The molecule has 0 atom stereocenters. The maximum absolute atomic E-state index is 12.0. The van der Waals surface area contributed by atoms with Gasteiger partial charge in [0.25, 0.3) is 5.91 Å². The Morgan fingerprint density at radius 1 is 1.39 bits per heavy atom. The highest BCUT2D eigenvalue weighted by atomic mass is 79.9. The fourth-order valence-electron chi connectivity index (χ4n) is 2.19. The van der Waals surface area contributed by atoms with E-state index in [0.717, 1.165) is 26.2 Å². The molecule has 0 N–H and O–H groups in total. The van der Waals surface area contributed by atoms with Crippen molar-refractivity contribution in [2.45, 2.75) is 19.3 Å². The summed E-state index contributed by atoms with van der Waals surface area (Å²) < 4.78 is 5.86. The van der Waals surface area contributed by atoms with Gasteiger partial charge in [0.15, 0.2) is 10.4 Å². The van der Waals surface area contributed by atoms with E-state index in [4.69, 9.17) is 4.42 Å². The molecule has 2 heterocycles. The summed E-state index contributed by atoms with van der Waals surface area (Å²) in [7, 11) is 1.82. The van der Waals surface area contributed by atoms with E-state index >= 15 is 0 Å². The largest absolute Gasteiger partial charge is 0.444 e. The van der Waals surface area contributed by atoms with Crippen LogP contribution in [0.3, 0.4) is 0 Å². The Labute approximate surface area is 116 Å². The first-order valence-corrected chi connectivity index (χ1v) is 7.19. The lowest BCUT2D eigenvalue weighted by molar-refractivity contribution is 0.0740. The van der Waals surface area contributed by atoms with Crippen molar-refractivity contribution in [2.75, 3.05) is 33.2 Å². The number of likely N-dealkylation sites (N-methyl/N-ethyl adjacent to an activating group) is 1. The molecule has 1 aliphatic heterocycles. The molecular formula is C13H19BrN2O2. The molecule has 0 radical (unpaired) electrons. The van der Waals surface area contributed by atoms with E-state index in [1.165, 1.54) is 19.3 Å². The van der Waals surface area contributed by atoms with Gasteiger partial charge in [0, 0.05) is 20.1 Å². The molecule has 4 nitrogen and oxygen atoms in total. The first kappa shape index (κ1) is 13.6. The minimum Gasteiger partial charge on any atom is -0.444 e. The van der Waals surface area contributed by atoms with Gasteiger partial charge < -0.3 is 14.2 Å². The summed E-state index contributed by atoms with van der Waals surface area (Å²) >= 11 is 3.21. The zero-order valence-electron chi connectivity index (χ0n) is 10.7. The minimum absolute atomic E-state index is 0.0577. The van der Waals surface area contributed by atoms with Crippen molar-refractivity contribution >= 4 is 21.8 Å². The van der Waals surface area contributed by atoms with Gasteiger partial charge in [-0.15, -0.1) is 0 Å². The third-order valence-corrected chi connectivity index (χ3v) is 3.76. The second-order valence-electron chi connectivity index (χ2n) is 4.73. The van der Waals surface area contributed by atoms with Crippen molar-refractivity contribution in [2.24, 2.45) is 0 Å². The molecule has 0 spiro atoms. The summed E-state index contributed by atoms with van der Waals surface area (Å²) in [6, 6.07) is 3.44. The van der Waals surface area contributed by atoms with Crippen LogP contribution in [0.25, 0.3) is 0 Å². The number of furan rings is 1. The lowest BCUT2D eigenvalue weighted by Gasteiger charge is -2.28. The molecule has 0 bridgehead atoms. The first-order valence-electron chi connectivity index (χ1n) is 6.40. The van der Waals surface area contributed by atoms with E-state index in [1.807, 2.05) is 7.05 Å². The Morgan fingerprint density at radius 3 is 2.72 bits per heavy atom. The van der Waals surface area contributed by atoms with E-state index in [-0.39, 0.29) is 5.91 Å². The number of likely N-dealkylation sites (tertiary alicyclic amines) is 1. The SMILES string of the molecule is CN(CCN1CCCCC1)C(=O)c1ccc(Br)o1. The second kappa shape index (κ2) is 6.38. The van der Waals surface area contributed by atoms with Crippen LogP contribution < -0.4 is 0 Å². The Bertz CT molecular complexity index is 399. The van der Waals surface area contributed by atoms with Crippen LogP contribution in [0.5, 0.6) is 0 Å². The molecule has 1 saturated heterocycles. The quantitative estimate of drug-likeness (QED) is 0.857. The number of rotatable bonds is 4. The molecule has 0 aromatic carbocycles. The topological polar surface area (TPSA) is 36.7 Å². The summed E-state index contributed by atoms with van der Waals surface area (Å²) in [4.78, 5) is 16.2. The number of hydrogen-bond donors (Lipinski definition) is 0. The standard InChI is InChI=1S/C13H19BrN2O2/c1-15(9-10-16-7-3-2-4-8-16)13(17)11-5-6-12(14)18-11/h5-6H,2-4,7-10H2,1H3. The van der Waals surface area contributed by atoms with E-state index in [0.29, 0.717) is 10.4 Å². The van der Waals surface area contributed by atoms with Crippen molar-refractivity contribution in [3.05, 3.63) is 22.6 Å². The lowest BCUT2D eigenvalue weighted by atomic mass is 10.1. The molecule has 0 saturated carbocycles. The lowest BCUT2D eigenvalue weighted by Crippen LogP contribution is -2.38. The maximum atomic E-state index is 12.0. The summed E-state index contributed by atoms with van der Waals surface area (Å²) in [5.74, 6) is 0.334. The first-order chi connectivity index (χ1) is 8.66. The van der Waals surface area contributed by atoms with Crippen molar-refractivity contribution in [3.8, 4) is 0 Å². The number of piperidine rings is 1. The van der Waals surface area contributed by atoms with Crippen LogP contribution in [0.1, 0.15) is 29.8 Å². The summed E-state index contributed by atoms with van der Waals surface area (Å²) in [6.45, 7) is 4.02. The van der Waals surface area contributed by atoms with E-state index in [2.05, 4.69) is 20.8 Å². The number of carbonyl (C=O) groups excluding carboxylic acids is 1. The summed E-state index contributed by atoms with van der Waals surface area (Å²) in [5.41, 5.74) is 0. The van der Waals surface area contributed by atoms with E-state index in [9.17, 15) is 4.79 Å². The molecule has 0 aliphatic carbocycles. The van der Waals surface area contributed by atoms with Gasteiger partial charge in [-0.3, -0.25) is 4.79 Å². The molecule has 2 rings (SSSR count). The molecule has 1 aromatic rings. The smallest absolute Gasteiger partial charge is 0.289 e. The second-order valence-corrected chi connectivity index (χ2v) is 5.51. The monoisotopic (exact) mass is 314 g/mol. The fraction of sp³-hybridized carbons (Fsp3) is 0.615. The predicted molar refractivity (Wildman–Crippen MR) is 73.7 cm³/mol. The number of amides is 1. The summed E-state index contributed by atoms with van der Waals surface area (Å²) in [6.07, 6.45) is 3.90. The molecule has 1 amide bonds. The van der Waals surface area contributed by atoms with Gasteiger partial charge in [-0.1, -0.05) is 6.42 Å². The van der Waals surface area contributed by atoms with Gasteiger partial charge in [-0.2, -0.15) is 0 Å². The molecule has 100 valence electrons. The number of carbonyl (C=O) groups is 1. The Kier molecular flexibility index (Phi) is 4.83. The highest BCUT2D eigenvalue weighted by Gasteiger charge is 2.17. The average Bonchev–Trinajstić information content (AvgIpc) is 2.83. The summed E-state index contributed by atoms with van der Waals surface area (Å²) in [5, 5.41) is 0. The maximum Gasteiger partial charge on any atom is 0.289 e. The molecule has 1 fully saturated rings. The third-order valence-electron chi connectivity index (χ3n) is 3.33. The van der Waals surface area contributed by atoms with Gasteiger partial charge in [0.2, 0.25) is 0 Å². The van der Waals surface area contributed by atoms with Gasteiger partial charge in [-0.25, -0.2) is 0 Å². The predicted octanol–water partition coefficient (Wildman–Crippen LogP) is 2.60. The fourth-order valence-corrected chi connectivity index (χ4v) is 2.50. The average molecular weight is 315 g/mol. The van der Waals surface area contributed by atoms with Crippen molar-refractivity contribution in [1.29, 1.82) is 0 Å². The highest BCUT2D eigenvalue weighted by molar-refractivity contribution is 9.10. The van der Waals surface area contributed by atoms with Crippen molar-refractivity contribution < 1.29 is 9.21 Å².